The summed E-state index contributed by atoms with van der Waals surface area (Å²) in [4.78, 5) is 0. The quantitative estimate of drug-likeness (QED) is 0.918. The van der Waals surface area contributed by atoms with Crippen LogP contribution in [0.3, 0.4) is 0 Å². The zero-order valence-corrected chi connectivity index (χ0v) is 12.8. The first-order valence-electron chi connectivity index (χ1n) is 6.69. The molecule has 21 heavy (non-hydrogen) atoms. The Bertz CT molecular complexity index is 623. The van der Waals surface area contributed by atoms with E-state index >= 15 is 0 Å². The normalized spacial score (nSPS) is 13.4. The van der Waals surface area contributed by atoms with E-state index in [0.29, 0.717) is 0 Å². The second-order valence-electron chi connectivity index (χ2n) is 5.00. The second-order valence-corrected chi connectivity index (χ2v) is 5.00. The van der Waals surface area contributed by atoms with E-state index in [1.165, 1.54) is 0 Å². The average Bonchev–Trinajstić information content (AvgIpc) is 2.54. The maximum atomic E-state index is 6.59. The molecule has 2 N–H and O–H groups in total. The van der Waals surface area contributed by atoms with Gasteiger partial charge < -0.3 is 19.9 Å². The smallest absolute Gasteiger partial charge is 0.124 e. The lowest BCUT2D eigenvalue weighted by Gasteiger charge is -2.28. The molecule has 0 fully saturated rings. The molecule has 2 rings (SSSR count). The molecule has 0 aromatic heterocycles. The number of benzene rings is 2. The summed E-state index contributed by atoms with van der Waals surface area (Å²) in [6.45, 7) is 1.94. The molecule has 0 saturated carbocycles. The molecule has 0 radical (unpaired) electrons. The Morgan fingerprint density at radius 3 is 2.14 bits per heavy atom. The standard InChI is InChI=1S/C17H21NO3/c1-17(18,12-6-5-7-13(10-12)19-2)15-11-14(20-3)8-9-16(15)21-4/h5-11H,18H2,1-4H3. The molecule has 4 nitrogen and oxygen atoms in total. The molecule has 1 unspecified atom stereocenters. The molecule has 0 saturated heterocycles. The lowest BCUT2D eigenvalue weighted by atomic mass is 9.85. The van der Waals surface area contributed by atoms with Crippen LogP contribution in [0.25, 0.3) is 0 Å². The first-order chi connectivity index (χ1) is 10.0. The van der Waals surface area contributed by atoms with E-state index in [-0.39, 0.29) is 0 Å². The fraction of sp³-hybridized carbons (Fsp3) is 0.294. The fourth-order valence-corrected chi connectivity index (χ4v) is 2.32. The van der Waals surface area contributed by atoms with Gasteiger partial charge in [-0.3, -0.25) is 0 Å². The monoisotopic (exact) mass is 287 g/mol. The van der Waals surface area contributed by atoms with Crippen LogP contribution in [0, 0.1) is 0 Å². The topological polar surface area (TPSA) is 53.7 Å². The van der Waals surface area contributed by atoms with E-state index in [2.05, 4.69) is 0 Å². The van der Waals surface area contributed by atoms with Crippen molar-refractivity contribution < 1.29 is 14.2 Å². The van der Waals surface area contributed by atoms with Gasteiger partial charge >= 0.3 is 0 Å². The Balaban J connectivity index is 2.56. The van der Waals surface area contributed by atoms with E-state index in [0.717, 1.165) is 28.4 Å². The van der Waals surface area contributed by atoms with E-state index in [1.54, 1.807) is 21.3 Å². The number of hydrogen-bond donors (Lipinski definition) is 1. The third-order valence-electron chi connectivity index (χ3n) is 3.64. The van der Waals surface area contributed by atoms with Gasteiger partial charge in [-0.1, -0.05) is 12.1 Å². The molecule has 2 aromatic rings. The third-order valence-corrected chi connectivity index (χ3v) is 3.64. The van der Waals surface area contributed by atoms with Gasteiger partial charge in [-0.2, -0.15) is 0 Å². The summed E-state index contributed by atoms with van der Waals surface area (Å²) in [6.07, 6.45) is 0. The first kappa shape index (κ1) is 15.2. The van der Waals surface area contributed by atoms with Crippen LogP contribution in [0.5, 0.6) is 17.2 Å². The molecule has 0 heterocycles. The molecule has 0 bridgehead atoms. The molecule has 0 aliphatic heterocycles. The molecule has 2 aromatic carbocycles. The summed E-state index contributed by atoms with van der Waals surface area (Å²) in [5.41, 5.74) is 7.66. The summed E-state index contributed by atoms with van der Waals surface area (Å²) in [5.74, 6) is 2.24. The Morgan fingerprint density at radius 1 is 0.857 bits per heavy atom. The van der Waals surface area contributed by atoms with Crippen molar-refractivity contribution in [2.24, 2.45) is 5.73 Å². The number of rotatable bonds is 5. The highest BCUT2D eigenvalue weighted by Gasteiger charge is 2.28. The second kappa shape index (κ2) is 6.06. The molecule has 0 spiro atoms. The zero-order valence-electron chi connectivity index (χ0n) is 12.8. The number of ether oxygens (including phenoxy) is 3. The van der Waals surface area contributed by atoms with Crippen LogP contribution in [0.4, 0.5) is 0 Å². The number of hydrogen-bond acceptors (Lipinski definition) is 4. The Kier molecular flexibility index (Phi) is 4.38. The summed E-state index contributed by atoms with van der Waals surface area (Å²) in [7, 11) is 4.90. The van der Waals surface area contributed by atoms with Crippen LogP contribution >= 0.6 is 0 Å². The molecule has 0 amide bonds. The van der Waals surface area contributed by atoms with E-state index < -0.39 is 5.54 Å². The van der Waals surface area contributed by atoms with Crippen LogP contribution in [0.2, 0.25) is 0 Å². The van der Waals surface area contributed by atoms with Crippen LogP contribution in [-0.2, 0) is 5.54 Å². The maximum absolute atomic E-state index is 6.59. The van der Waals surface area contributed by atoms with Gasteiger partial charge in [0.05, 0.1) is 26.9 Å². The van der Waals surface area contributed by atoms with Gasteiger partial charge in [-0.05, 0) is 42.8 Å². The van der Waals surface area contributed by atoms with Gasteiger partial charge in [-0.25, -0.2) is 0 Å². The first-order valence-corrected chi connectivity index (χ1v) is 6.69. The highest BCUT2D eigenvalue weighted by atomic mass is 16.5. The highest BCUT2D eigenvalue weighted by molar-refractivity contribution is 5.50. The van der Waals surface area contributed by atoms with Crippen LogP contribution in [0.1, 0.15) is 18.1 Å². The van der Waals surface area contributed by atoms with E-state index in [4.69, 9.17) is 19.9 Å². The maximum Gasteiger partial charge on any atom is 0.124 e. The van der Waals surface area contributed by atoms with Crippen LogP contribution in [-0.4, -0.2) is 21.3 Å². The summed E-state index contributed by atoms with van der Waals surface area (Å²) in [6, 6.07) is 13.3. The summed E-state index contributed by atoms with van der Waals surface area (Å²) in [5, 5.41) is 0. The predicted molar refractivity (Wildman–Crippen MR) is 83.2 cm³/mol. The molecule has 0 aliphatic carbocycles. The van der Waals surface area contributed by atoms with Crippen molar-refractivity contribution in [3.8, 4) is 17.2 Å². The van der Waals surface area contributed by atoms with Crippen molar-refractivity contribution in [3.05, 3.63) is 53.6 Å². The predicted octanol–water partition coefficient (Wildman–Crippen LogP) is 2.93. The van der Waals surface area contributed by atoms with Crippen LogP contribution in [0.15, 0.2) is 42.5 Å². The lowest BCUT2D eigenvalue weighted by Crippen LogP contribution is -2.34. The van der Waals surface area contributed by atoms with Gasteiger partial charge in [0.25, 0.3) is 0 Å². The van der Waals surface area contributed by atoms with Gasteiger partial charge in [-0.15, -0.1) is 0 Å². The van der Waals surface area contributed by atoms with Crippen molar-refractivity contribution in [1.29, 1.82) is 0 Å². The van der Waals surface area contributed by atoms with Gasteiger partial charge in [0.2, 0.25) is 0 Å². The van der Waals surface area contributed by atoms with Crippen molar-refractivity contribution in [2.75, 3.05) is 21.3 Å². The average molecular weight is 287 g/mol. The van der Waals surface area contributed by atoms with Crippen molar-refractivity contribution >= 4 is 0 Å². The molecule has 1 atom stereocenters. The lowest BCUT2D eigenvalue weighted by molar-refractivity contribution is 0.388. The van der Waals surface area contributed by atoms with Gasteiger partial charge in [0.15, 0.2) is 0 Å². The minimum absolute atomic E-state index is 0.726. The minimum atomic E-state index is -0.728. The van der Waals surface area contributed by atoms with Crippen molar-refractivity contribution in [1.82, 2.24) is 0 Å². The van der Waals surface area contributed by atoms with E-state index in [9.17, 15) is 0 Å². The Morgan fingerprint density at radius 2 is 1.52 bits per heavy atom. The van der Waals surface area contributed by atoms with Gasteiger partial charge in [0.1, 0.15) is 17.2 Å². The number of nitrogens with two attached hydrogens (primary N) is 1. The Hall–Kier alpha value is -2.20. The SMILES string of the molecule is COc1cccc(C(C)(N)c2cc(OC)ccc2OC)c1. The zero-order chi connectivity index (χ0) is 15.5. The van der Waals surface area contributed by atoms with Crippen molar-refractivity contribution in [3.63, 3.8) is 0 Å². The minimum Gasteiger partial charge on any atom is -0.497 e. The molecular weight excluding hydrogens is 266 g/mol. The summed E-state index contributed by atoms with van der Waals surface area (Å²) < 4.78 is 16.0. The van der Waals surface area contributed by atoms with Crippen molar-refractivity contribution in [2.45, 2.75) is 12.5 Å². The highest BCUT2D eigenvalue weighted by Crippen LogP contribution is 2.36. The Labute approximate surface area is 125 Å². The fourth-order valence-electron chi connectivity index (χ4n) is 2.32. The molecule has 112 valence electrons. The molecule has 0 aliphatic rings. The molecular formula is C17H21NO3. The van der Waals surface area contributed by atoms with Crippen LogP contribution < -0.4 is 19.9 Å². The van der Waals surface area contributed by atoms with Gasteiger partial charge in [0, 0.05) is 5.56 Å². The molecule has 4 heteroatoms. The summed E-state index contributed by atoms with van der Waals surface area (Å²) >= 11 is 0. The largest absolute Gasteiger partial charge is 0.497 e. The van der Waals surface area contributed by atoms with E-state index in [1.807, 2.05) is 49.4 Å². The third kappa shape index (κ3) is 2.95. The number of methoxy groups -OCH3 is 3.